The summed E-state index contributed by atoms with van der Waals surface area (Å²) < 4.78 is 0. The van der Waals surface area contributed by atoms with Crippen molar-refractivity contribution >= 4 is 22.4 Å². The van der Waals surface area contributed by atoms with Crippen LogP contribution in [-0.2, 0) is 6.54 Å². The normalized spacial score (nSPS) is 10.3. The molecule has 20 heavy (non-hydrogen) atoms. The zero-order chi connectivity index (χ0) is 14.4. The molecule has 1 amide bonds. The van der Waals surface area contributed by atoms with Crippen molar-refractivity contribution in [2.75, 3.05) is 11.9 Å². The minimum absolute atomic E-state index is 0.205. The van der Waals surface area contributed by atoms with Crippen molar-refractivity contribution in [3.8, 4) is 0 Å². The van der Waals surface area contributed by atoms with Gasteiger partial charge in [0.25, 0.3) is 5.91 Å². The van der Waals surface area contributed by atoms with Crippen molar-refractivity contribution in [1.29, 1.82) is 0 Å². The molecular weight excluding hydrogens is 274 g/mol. The fourth-order valence-electron chi connectivity index (χ4n) is 1.57. The average Bonchev–Trinajstić information content (AvgIpc) is 2.93. The summed E-state index contributed by atoms with van der Waals surface area (Å²) in [5, 5.41) is 14.8. The molecule has 0 saturated carbocycles. The van der Waals surface area contributed by atoms with Crippen LogP contribution in [0.5, 0.6) is 0 Å². The second-order valence-corrected chi connectivity index (χ2v) is 5.30. The van der Waals surface area contributed by atoms with Crippen LogP contribution in [-0.4, -0.2) is 27.6 Å². The second-order valence-electron chi connectivity index (χ2n) is 4.32. The van der Waals surface area contributed by atoms with Crippen molar-refractivity contribution in [1.82, 2.24) is 20.5 Å². The maximum atomic E-state index is 12.0. The monoisotopic (exact) mass is 291 g/mol. The quantitative estimate of drug-likeness (QED) is 0.851. The van der Waals surface area contributed by atoms with E-state index in [1.54, 1.807) is 12.4 Å². The van der Waals surface area contributed by atoms with Crippen molar-refractivity contribution in [3.63, 3.8) is 0 Å². The van der Waals surface area contributed by atoms with Gasteiger partial charge in [0, 0.05) is 25.5 Å². The van der Waals surface area contributed by atoms with Crippen LogP contribution in [0.3, 0.4) is 0 Å². The molecule has 0 saturated heterocycles. The third-order valence-corrected chi connectivity index (χ3v) is 3.60. The first-order valence-corrected chi connectivity index (χ1v) is 7.27. The number of nitrogens with one attached hydrogen (secondary N) is 2. The van der Waals surface area contributed by atoms with E-state index < -0.39 is 0 Å². The van der Waals surface area contributed by atoms with Gasteiger partial charge in [0.2, 0.25) is 10.1 Å². The van der Waals surface area contributed by atoms with E-state index in [-0.39, 0.29) is 5.91 Å². The molecule has 0 bridgehead atoms. The van der Waals surface area contributed by atoms with E-state index >= 15 is 0 Å². The Bertz CT molecular complexity index is 584. The van der Waals surface area contributed by atoms with Crippen LogP contribution in [0.25, 0.3) is 0 Å². The zero-order valence-corrected chi connectivity index (χ0v) is 12.3. The molecule has 6 nitrogen and oxygen atoms in total. The number of pyridine rings is 1. The number of aromatic nitrogens is 3. The largest absolute Gasteiger partial charge is 0.360 e. The Hall–Kier alpha value is -2.02. The highest BCUT2D eigenvalue weighted by molar-refractivity contribution is 7.17. The Balaban J connectivity index is 1.92. The number of hydrogen-bond acceptors (Lipinski definition) is 6. The van der Waals surface area contributed by atoms with Gasteiger partial charge in [-0.1, -0.05) is 18.3 Å². The summed E-state index contributed by atoms with van der Waals surface area (Å²) >= 11 is 1.26. The predicted octanol–water partition coefficient (Wildman–Crippen LogP) is 1.99. The molecule has 2 aromatic heterocycles. The van der Waals surface area contributed by atoms with Crippen LogP contribution >= 0.6 is 11.3 Å². The van der Waals surface area contributed by atoms with Crippen LogP contribution < -0.4 is 10.6 Å². The standard InChI is InChI=1S/C13H17N5OS/c1-3-5-15-13-18-17-12(20-13)11(19)16-8-10-4-6-14-7-9(10)2/h4,6-7H,3,5,8H2,1-2H3,(H,15,18)(H,16,19). The van der Waals surface area contributed by atoms with Gasteiger partial charge in [-0.25, -0.2) is 0 Å². The third-order valence-electron chi connectivity index (χ3n) is 2.72. The lowest BCUT2D eigenvalue weighted by atomic mass is 10.1. The highest BCUT2D eigenvalue weighted by Crippen LogP contribution is 2.15. The van der Waals surface area contributed by atoms with E-state index in [9.17, 15) is 4.79 Å². The van der Waals surface area contributed by atoms with Gasteiger partial charge < -0.3 is 10.6 Å². The van der Waals surface area contributed by atoms with Crippen LogP contribution in [0.1, 0.15) is 34.3 Å². The summed E-state index contributed by atoms with van der Waals surface area (Å²) in [6.45, 7) is 5.32. The Kier molecular flexibility index (Phi) is 5.00. The average molecular weight is 291 g/mol. The van der Waals surface area contributed by atoms with Crippen molar-refractivity contribution < 1.29 is 4.79 Å². The SMILES string of the molecule is CCCNc1nnc(C(=O)NCc2ccncc2C)s1. The smallest absolute Gasteiger partial charge is 0.282 e. The number of anilines is 1. The molecule has 0 fully saturated rings. The molecule has 2 aromatic rings. The summed E-state index contributed by atoms with van der Waals surface area (Å²) in [6, 6.07) is 1.89. The Morgan fingerprint density at radius 3 is 3.00 bits per heavy atom. The summed E-state index contributed by atoms with van der Waals surface area (Å²) in [6.07, 6.45) is 4.49. The topological polar surface area (TPSA) is 79.8 Å². The minimum atomic E-state index is -0.205. The van der Waals surface area contributed by atoms with E-state index in [1.165, 1.54) is 11.3 Å². The number of rotatable bonds is 6. The number of nitrogens with zero attached hydrogens (tertiary/aromatic N) is 3. The summed E-state index contributed by atoms with van der Waals surface area (Å²) in [5.74, 6) is -0.205. The Labute approximate surface area is 121 Å². The van der Waals surface area contributed by atoms with Crippen LogP contribution in [0.15, 0.2) is 18.5 Å². The molecule has 2 rings (SSSR count). The maximum absolute atomic E-state index is 12.0. The van der Waals surface area contributed by atoms with Crippen molar-refractivity contribution in [2.24, 2.45) is 0 Å². The van der Waals surface area contributed by atoms with Gasteiger partial charge in [-0.2, -0.15) is 0 Å². The molecular formula is C13H17N5OS. The van der Waals surface area contributed by atoms with Gasteiger partial charge in [0.1, 0.15) is 0 Å². The molecule has 0 spiro atoms. The minimum Gasteiger partial charge on any atom is -0.360 e. The summed E-state index contributed by atoms with van der Waals surface area (Å²) in [7, 11) is 0. The molecule has 2 heterocycles. The van der Waals surface area contributed by atoms with E-state index in [0.29, 0.717) is 16.7 Å². The van der Waals surface area contributed by atoms with E-state index in [4.69, 9.17) is 0 Å². The zero-order valence-electron chi connectivity index (χ0n) is 11.5. The Morgan fingerprint density at radius 2 is 2.25 bits per heavy atom. The number of hydrogen-bond donors (Lipinski definition) is 2. The third kappa shape index (κ3) is 3.74. The van der Waals surface area contributed by atoms with Crippen LogP contribution in [0, 0.1) is 6.92 Å². The first-order valence-electron chi connectivity index (χ1n) is 6.45. The van der Waals surface area contributed by atoms with Gasteiger partial charge in [-0.05, 0) is 30.5 Å². The Morgan fingerprint density at radius 1 is 1.40 bits per heavy atom. The number of carbonyl (C=O) groups is 1. The van der Waals surface area contributed by atoms with Crippen molar-refractivity contribution in [2.45, 2.75) is 26.8 Å². The molecule has 0 aliphatic carbocycles. The predicted molar refractivity (Wildman–Crippen MR) is 78.8 cm³/mol. The highest BCUT2D eigenvalue weighted by atomic mass is 32.1. The lowest BCUT2D eigenvalue weighted by Gasteiger charge is -2.05. The first kappa shape index (κ1) is 14.4. The number of amides is 1. The molecule has 0 aliphatic heterocycles. The molecule has 7 heteroatoms. The van der Waals surface area contributed by atoms with Gasteiger partial charge in [-0.15, -0.1) is 10.2 Å². The lowest BCUT2D eigenvalue weighted by Crippen LogP contribution is -2.23. The lowest BCUT2D eigenvalue weighted by molar-refractivity contribution is 0.0950. The molecule has 0 aromatic carbocycles. The summed E-state index contributed by atoms with van der Waals surface area (Å²) in [5.41, 5.74) is 2.09. The summed E-state index contributed by atoms with van der Waals surface area (Å²) in [4.78, 5) is 16.0. The van der Waals surface area contributed by atoms with Gasteiger partial charge in [0.15, 0.2) is 0 Å². The molecule has 2 N–H and O–H groups in total. The maximum Gasteiger partial charge on any atom is 0.282 e. The van der Waals surface area contributed by atoms with Crippen molar-refractivity contribution in [3.05, 3.63) is 34.6 Å². The second kappa shape index (κ2) is 6.95. The van der Waals surface area contributed by atoms with E-state index in [0.717, 1.165) is 24.1 Å². The number of carbonyl (C=O) groups excluding carboxylic acids is 1. The first-order chi connectivity index (χ1) is 9.70. The molecule has 0 aliphatic rings. The molecule has 106 valence electrons. The highest BCUT2D eigenvalue weighted by Gasteiger charge is 2.12. The van der Waals surface area contributed by atoms with E-state index in [1.807, 2.05) is 13.0 Å². The van der Waals surface area contributed by atoms with Crippen LogP contribution in [0.2, 0.25) is 0 Å². The number of aryl methyl sites for hydroxylation is 1. The molecule has 0 unspecified atom stereocenters. The van der Waals surface area contributed by atoms with Gasteiger partial charge in [-0.3, -0.25) is 9.78 Å². The van der Waals surface area contributed by atoms with Gasteiger partial charge in [0.05, 0.1) is 0 Å². The molecule has 0 radical (unpaired) electrons. The molecule has 0 atom stereocenters. The van der Waals surface area contributed by atoms with E-state index in [2.05, 4.69) is 32.7 Å². The van der Waals surface area contributed by atoms with Gasteiger partial charge >= 0.3 is 0 Å². The fourth-order valence-corrected chi connectivity index (χ4v) is 2.26. The van der Waals surface area contributed by atoms with Crippen LogP contribution in [0.4, 0.5) is 5.13 Å². The fraction of sp³-hybridized carbons (Fsp3) is 0.385.